The lowest BCUT2D eigenvalue weighted by molar-refractivity contribution is 0.0983. The molecule has 0 N–H and O–H groups in total. The van der Waals surface area contributed by atoms with E-state index in [1.807, 2.05) is 12.1 Å². The lowest BCUT2D eigenvalue weighted by Crippen LogP contribution is -2.42. The number of amides is 1. The van der Waals surface area contributed by atoms with Gasteiger partial charge < -0.3 is 14.4 Å². The van der Waals surface area contributed by atoms with Gasteiger partial charge in [-0.15, -0.1) is 0 Å². The molecule has 5 rings (SSSR count). The molecule has 2 atom stereocenters. The number of anilines is 1. The number of aromatic nitrogens is 1. The molecule has 0 radical (unpaired) electrons. The Morgan fingerprint density at radius 2 is 1.62 bits per heavy atom. The zero-order valence-corrected chi connectivity index (χ0v) is 25.3. The zero-order chi connectivity index (χ0) is 28.4. The number of nitrogens with zero attached hydrogens (tertiary/aromatic N) is 4. The van der Waals surface area contributed by atoms with Crippen molar-refractivity contribution in [3.05, 3.63) is 42.0 Å². The molecule has 3 heterocycles. The second-order valence-electron chi connectivity index (χ2n) is 10.7. The summed E-state index contributed by atoms with van der Waals surface area (Å²) in [6, 6.07) is 10.1. The van der Waals surface area contributed by atoms with E-state index in [0.29, 0.717) is 73.4 Å². The normalized spacial score (nSPS) is 19.7. The van der Waals surface area contributed by atoms with Crippen LogP contribution in [0.3, 0.4) is 0 Å². The summed E-state index contributed by atoms with van der Waals surface area (Å²) in [5.74, 6) is 1.76. The van der Waals surface area contributed by atoms with E-state index in [4.69, 9.17) is 14.5 Å². The SMILES string of the molecule is CCN(CC)CCN(C(=O)c1ccc(S(=O)(=O)N2C[C@@H](C)C[C@H](C)C2)cc1)c1nc2cc3c(cc2s1)OCCO3. The molecule has 9 nitrogen and oxygen atoms in total. The van der Waals surface area contributed by atoms with Crippen molar-refractivity contribution in [2.24, 2.45) is 11.8 Å². The molecule has 40 heavy (non-hydrogen) atoms. The number of ether oxygens (including phenoxy) is 2. The molecule has 11 heteroatoms. The second kappa shape index (κ2) is 12.0. The van der Waals surface area contributed by atoms with Crippen molar-refractivity contribution >= 4 is 42.6 Å². The van der Waals surface area contributed by atoms with Crippen LogP contribution in [-0.2, 0) is 10.0 Å². The molecular formula is C29H38N4O5S2. The highest BCUT2D eigenvalue weighted by Gasteiger charge is 2.32. The third-order valence-electron chi connectivity index (χ3n) is 7.63. The smallest absolute Gasteiger partial charge is 0.260 e. The predicted octanol–water partition coefficient (Wildman–Crippen LogP) is 4.72. The van der Waals surface area contributed by atoms with Gasteiger partial charge in [-0.25, -0.2) is 13.4 Å². The number of sulfonamides is 1. The predicted molar refractivity (Wildman–Crippen MR) is 158 cm³/mol. The summed E-state index contributed by atoms with van der Waals surface area (Å²) in [6.45, 7) is 13.3. The summed E-state index contributed by atoms with van der Waals surface area (Å²) < 4.78 is 40.7. The van der Waals surface area contributed by atoms with Crippen LogP contribution in [0.5, 0.6) is 11.5 Å². The van der Waals surface area contributed by atoms with Gasteiger partial charge in [0.1, 0.15) is 13.2 Å². The number of thiazole rings is 1. The van der Waals surface area contributed by atoms with Crippen molar-refractivity contribution in [3.8, 4) is 11.5 Å². The first-order valence-corrected chi connectivity index (χ1v) is 16.3. The number of benzene rings is 2. The second-order valence-corrected chi connectivity index (χ2v) is 13.7. The van der Waals surface area contributed by atoms with Crippen molar-refractivity contribution in [1.29, 1.82) is 0 Å². The van der Waals surface area contributed by atoms with Gasteiger partial charge in [0.2, 0.25) is 10.0 Å². The Morgan fingerprint density at radius 1 is 1.00 bits per heavy atom. The fourth-order valence-electron chi connectivity index (χ4n) is 5.51. The first-order chi connectivity index (χ1) is 19.2. The Balaban J connectivity index is 1.43. The van der Waals surface area contributed by atoms with E-state index in [1.165, 1.54) is 11.3 Å². The molecule has 0 aliphatic carbocycles. The fourth-order valence-corrected chi connectivity index (χ4v) is 8.19. The Kier molecular flexibility index (Phi) is 8.65. The molecule has 1 fully saturated rings. The molecule has 0 unspecified atom stereocenters. The van der Waals surface area contributed by atoms with Crippen LogP contribution in [0.15, 0.2) is 41.3 Å². The third-order valence-corrected chi connectivity index (χ3v) is 10.5. The molecular weight excluding hydrogens is 548 g/mol. The van der Waals surface area contributed by atoms with E-state index in [2.05, 4.69) is 32.6 Å². The zero-order valence-electron chi connectivity index (χ0n) is 23.6. The largest absolute Gasteiger partial charge is 0.486 e. The Bertz CT molecular complexity index is 1400. The molecule has 1 saturated heterocycles. The van der Waals surface area contributed by atoms with Crippen molar-refractivity contribution in [2.45, 2.75) is 39.0 Å². The van der Waals surface area contributed by atoms with Gasteiger partial charge in [-0.3, -0.25) is 9.69 Å². The average Bonchev–Trinajstić information content (AvgIpc) is 3.35. The Labute approximate surface area is 240 Å². The quantitative estimate of drug-likeness (QED) is 0.358. The van der Waals surface area contributed by atoms with E-state index in [0.717, 1.165) is 29.7 Å². The number of fused-ring (bicyclic) bond motifs is 2. The molecule has 0 spiro atoms. The highest BCUT2D eigenvalue weighted by molar-refractivity contribution is 7.89. The van der Waals surface area contributed by atoms with E-state index in [1.54, 1.807) is 33.5 Å². The van der Waals surface area contributed by atoms with E-state index in [-0.39, 0.29) is 10.8 Å². The van der Waals surface area contributed by atoms with Crippen molar-refractivity contribution < 1.29 is 22.7 Å². The van der Waals surface area contributed by atoms with Crippen LogP contribution in [0, 0.1) is 11.8 Å². The van der Waals surface area contributed by atoms with Gasteiger partial charge >= 0.3 is 0 Å². The van der Waals surface area contributed by atoms with Gasteiger partial charge in [-0.1, -0.05) is 39.0 Å². The number of carbonyl (C=O) groups excluding carboxylic acids is 1. The third kappa shape index (κ3) is 5.97. The lowest BCUT2D eigenvalue weighted by atomic mass is 9.94. The van der Waals surface area contributed by atoms with Crippen LogP contribution in [0.2, 0.25) is 0 Å². The minimum atomic E-state index is -3.63. The first kappa shape index (κ1) is 28.8. The minimum Gasteiger partial charge on any atom is -0.486 e. The van der Waals surface area contributed by atoms with E-state index in [9.17, 15) is 13.2 Å². The Hall–Kier alpha value is -2.73. The summed E-state index contributed by atoms with van der Waals surface area (Å²) in [5.41, 5.74) is 1.17. The Morgan fingerprint density at radius 3 is 2.25 bits per heavy atom. The van der Waals surface area contributed by atoms with Gasteiger partial charge in [-0.2, -0.15) is 4.31 Å². The summed E-state index contributed by atoms with van der Waals surface area (Å²) >= 11 is 1.43. The van der Waals surface area contributed by atoms with Gasteiger partial charge in [0, 0.05) is 43.9 Å². The monoisotopic (exact) mass is 586 g/mol. The lowest BCUT2D eigenvalue weighted by Gasteiger charge is -2.34. The van der Waals surface area contributed by atoms with Crippen LogP contribution in [0.1, 0.15) is 44.5 Å². The topological polar surface area (TPSA) is 92.3 Å². The van der Waals surface area contributed by atoms with Crippen LogP contribution >= 0.6 is 11.3 Å². The van der Waals surface area contributed by atoms with Gasteiger partial charge in [0.25, 0.3) is 5.91 Å². The molecule has 2 aromatic carbocycles. The van der Waals surface area contributed by atoms with Crippen LogP contribution in [0.25, 0.3) is 10.2 Å². The molecule has 216 valence electrons. The van der Waals surface area contributed by atoms with Crippen molar-refractivity contribution in [2.75, 3.05) is 57.4 Å². The highest BCUT2D eigenvalue weighted by atomic mass is 32.2. The number of hydrogen-bond acceptors (Lipinski definition) is 8. The molecule has 1 amide bonds. The fraction of sp³-hybridized carbons (Fsp3) is 0.517. The number of piperidine rings is 1. The van der Waals surface area contributed by atoms with Crippen molar-refractivity contribution in [3.63, 3.8) is 0 Å². The maximum atomic E-state index is 13.9. The summed E-state index contributed by atoms with van der Waals surface area (Å²) in [7, 11) is -3.63. The van der Waals surface area contributed by atoms with Gasteiger partial charge in [0.05, 0.1) is 15.1 Å². The molecule has 0 bridgehead atoms. The summed E-state index contributed by atoms with van der Waals surface area (Å²) in [4.78, 5) is 22.8. The van der Waals surface area contributed by atoms with Crippen molar-refractivity contribution in [1.82, 2.24) is 14.2 Å². The van der Waals surface area contributed by atoms with E-state index >= 15 is 0 Å². The standard InChI is InChI=1S/C29H38N4O5S2/c1-5-31(6-2)11-12-33(29-30-24-16-25-26(17-27(24)39-29)38-14-13-37-25)28(34)22-7-9-23(10-8-22)40(35,36)32-18-20(3)15-21(4)19-32/h7-10,16-17,20-21H,5-6,11-15,18-19H2,1-4H3/t20-,21-/m0/s1. The minimum absolute atomic E-state index is 0.214. The van der Waals surface area contributed by atoms with E-state index < -0.39 is 10.0 Å². The molecule has 0 saturated carbocycles. The number of likely N-dealkylation sites (N-methyl/N-ethyl adjacent to an activating group) is 1. The maximum Gasteiger partial charge on any atom is 0.260 e. The number of rotatable bonds is 9. The molecule has 2 aliphatic heterocycles. The number of hydrogen-bond donors (Lipinski definition) is 0. The summed E-state index contributed by atoms with van der Waals surface area (Å²) in [5, 5.41) is 0.586. The van der Waals surface area contributed by atoms with Gasteiger partial charge in [0.15, 0.2) is 16.6 Å². The molecule has 3 aromatic rings. The van der Waals surface area contributed by atoms with Gasteiger partial charge in [-0.05, 0) is 55.6 Å². The molecule has 2 aliphatic rings. The average molecular weight is 587 g/mol. The highest BCUT2D eigenvalue weighted by Crippen LogP contribution is 2.39. The summed E-state index contributed by atoms with van der Waals surface area (Å²) in [6.07, 6.45) is 1.03. The molecule has 1 aromatic heterocycles. The van der Waals surface area contributed by atoms with Crippen LogP contribution in [0.4, 0.5) is 5.13 Å². The van der Waals surface area contributed by atoms with Crippen LogP contribution < -0.4 is 14.4 Å². The number of carbonyl (C=O) groups is 1. The van der Waals surface area contributed by atoms with Crippen LogP contribution in [-0.4, -0.2) is 81.0 Å². The first-order valence-electron chi connectivity index (χ1n) is 14.0. The maximum absolute atomic E-state index is 13.9.